The van der Waals surface area contributed by atoms with Gasteiger partial charge in [-0.2, -0.15) is 0 Å². The van der Waals surface area contributed by atoms with E-state index in [4.69, 9.17) is 5.73 Å². The van der Waals surface area contributed by atoms with Crippen molar-refractivity contribution in [2.75, 3.05) is 38.0 Å². The molecule has 6 nitrogen and oxygen atoms in total. The van der Waals surface area contributed by atoms with Crippen LogP contribution in [0.5, 0.6) is 0 Å². The molecule has 2 unspecified atom stereocenters. The van der Waals surface area contributed by atoms with E-state index in [1.54, 1.807) is 0 Å². The van der Waals surface area contributed by atoms with Crippen molar-refractivity contribution in [3.63, 3.8) is 0 Å². The van der Waals surface area contributed by atoms with Crippen molar-refractivity contribution < 1.29 is 14.0 Å². The number of rotatable bonds is 4. The van der Waals surface area contributed by atoms with Gasteiger partial charge in [0, 0.05) is 43.8 Å². The SMILES string of the molecule is NC1CCC(C(=O)N2CCN(CC(=O)Nc3ccc(F)cc3)CC2)C1. The first-order valence-electron chi connectivity index (χ1n) is 8.83. The van der Waals surface area contributed by atoms with Crippen LogP contribution in [-0.4, -0.2) is 60.4 Å². The van der Waals surface area contributed by atoms with E-state index in [0.29, 0.717) is 31.9 Å². The van der Waals surface area contributed by atoms with Gasteiger partial charge in [-0.25, -0.2) is 4.39 Å². The summed E-state index contributed by atoms with van der Waals surface area (Å²) in [5, 5.41) is 2.76. The zero-order chi connectivity index (χ0) is 17.8. The molecule has 25 heavy (non-hydrogen) atoms. The van der Waals surface area contributed by atoms with Crippen LogP contribution in [0.3, 0.4) is 0 Å². The molecule has 2 fully saturated rings. The Morgan fingerprint density at radius 3 is 2.40 bits per heavy atom. The van der Waals surface area contributed by atoms with Crippen molar-refractivity contribution in [1.82, 2.24) is 9.80 Å². The lowest BCUT2D eigenvalue weighted by molar-refractivity contribution is -0.137. The van der Waals surface area contributed by atoms with Crippen LogP contribution in [0.2, 0.25) is 0 Å². The van der Waals surface area contributed by atoms with Crippen LogP contribution in [0.15, 0.2) is 24.3 Å². The van der Waals surface area contributed by atoms with Gasteiger partial charge in [0.2, 0.25) is 11.8 Å². The topological polar surface area (TPSA) is 78.7 Å². The van der Waals surface area contributed by atoms with Crippen molar-refractivity contribution in [1.29, 1.82) is 0 Å². The zero-order valence-corrected chi connectivity index (χ0v) is 14.3. The molecule has 1 aromatic rings. The van der Waals surface area contributed by atoms with E-state index >= 15 is 0 Å². The van der Waals surface area contributed by atoms with E-state index in [-0.39, 0.29) is 36.1 Å². The van der Waals surface area contributed by atoms with Gasteiger partial charge < -0.3 is 16.0 Å². The molecule has 3 rings (SSSR count). The molecular weight excluding hydrogens is 323 g/mol. The van der Waals surface area contributed by atoms with Crippen molar-refractivity contribution >= 4 is 17.5 Å². The van der Waals surface area contributed by atoms with Crippen LogP contribution in [0.25, 0.3) is 0 Å². The highest BCUT2D eigenvalue weighted by molar-refractivity contribution is 5.92. The molecule has 3 N–H and O–H groups in total. The minimum absolute atomic E-state index is 0.0725. The van der Waals surface area contributed by atoms with E-state index in [1.807, 2.05) is 9.80 Å². The number of hydrogen-bond donors (Lipinski definition) is 2. The van der Waals surface area contributed by atoms with E-state index in [0.717, 1.165) is 19.3 Å². The summed E-state index contributed by atoms with van der Waals surface area (Å²) in [6, 6.07) is 5.86. The molecule has 1 saturated carbocycles. The number of nitrogens with two attached hydrogens (primary N) is 1. The standard InChI is InChI=1S/C18H25FN4O2/c19-14-2-5-16(6-3-14)21-17(24)12-22-7-9-23(10-8-22)18(25)13-1-4-15(20)11-13/h2-3,5-6,13,15H,1,4,7-12,20H2,(H,21,24). The maximum absolute atomic E-state index is 12.9. The van der Waals surface area contributed by atoms with Crippen molar-refractivity contribution in [2.24, 2.45) is 11.7 Å². The molecule has 1 heterocycles. The van der Waals surface area contributed by atoms with Gasteiger partial charge in [0.1, 0.15) is 5.82 Å². The minimum Gasteiger partial charge on any atom is -0.340 e. The maximum Gasteiger partial charge on any atom is 0.238 e. The summed E-state index contributed by atoms with van der Waals surface area (Å²) in [5.41, 5.74) is 6.48. The largest absolute Gasteiger partial charge is 0.340 e. The second kappa shape index (κ2) is 7.93. The van der Waals surface area contributed by atoms with Gasteiger partial charge in [-0.1, -0.05) is 0 Å². The molecule has 2 aliphatic rings. The molecule has 1 aliphatic heterocycles. The molecule has 1 aromatic carbocycles. The number of amides is 2. The number of benzene rings is 1. The number of piperazine rings is 1. The molecule has 136 valence electrons. The van der Waals surface area contributed by atoms with Gasteiger partial charge in [0.05, 0.1) is 6.54 Å². The highest BCUT2D eigenvalue weighted by Crippen LogP contribution is 2.26. The number of carbonyl (C=O) groups is 2. The first-order chi connectivity index (χ1) is 12.0. The Morgan fingerprint density at radius 2 is 1.80 bits per heavy atom. The number of carbonyl (C=O) groups excluding carboxylic acids is 2. The summed E-state index contributed by atoms with van der Waals surface area (Å²) in [5.74, 6) is -0.179. The maximum atomic E-state index is 12.9. The Kier molecular flexibility index (Phi) is 5.65. The highest BCUT2D eigenvalue weighted by atomic mass is 19.1. The second-order valence-electron chi connectivity index (χ2n) is 6.93. The van der Waals surface area contributed by atoms with Crippen molar-refractivity contribution in [3.05, 3.63) is 30.1 Å². The fourth-order valence-electron chi connectivity index (χ4n) is 3.56. The number of nitrogens with one attached hydrogen (secondary N) is 1. The first kappa shape index (κ1) is 17.8. The van der Waals surface area contributed by atoms with Crippen molar-refractivity contribution in [2.45, 2.75) is 25.3 Å². The third kappa shape index (κ3) is 4.76. The third-order valence-electron chi connectivity index (χ3n) is 5.00. The van der Waals surface area contributed by atoms with E-state index in [2.05, 4.69) is 5.32 Å². The van der Waals surface area contributed by atoms with E-state index in [9.17, 15) is 14.0 Å². The Bertz CT molecular complexity index is 614. The molecule has 2 atom stereocenters. The van der Waals surface area contributed by atoms with E-state index in [1.165, 1.54) is 24.3 Å². The summed E-state index contributed by atoms with van der Waals surface area (Å²) in [4.78, 5) is 28.5. The zero-order valence-electron chi connectivity index (χ0n) is 14.3. The molecular formula is C18H25FN4O2. The monoisotopic (exact) mass is 348 g/mol. The second-order valence-corrected chi connectivity index (χ2v) is 6.93. The Labute approximate surface area is 147 Å². The predicted molar refractivity (Wildman–Crippen MR) is 93.4 cm³/mol. The van der Waals surface area contributed by atoms with Crippen LogP contribution in [-0.2, 0) is 9.59 Å². The van der Waals surface area contributed by atoms with Gasteiger partial charge in [0.15, 0.2) is 0 Å². The van der Waals surface area contributed by atoms with Gasteiger partial charge in [0.25, 0.3) is 0 Å². The van der Waals surface area contributed by atoms with Gasteiger partial charge in [-0.05, 0) is 43.5 Å². The molecule has 2 amide bonds. The minimum atomic E-state index is -0.331. The molecule has 0 bridgehead atoms. The summed E-state index contributed by atoms with van der Waals surface area (Å²) in [7, 11) is 0. The summed E-state index contributed by atoms with van der Waals surface area (Å²) < 4.78 is 12.9. The average molecular weight is 348 g/mol. The summed E-state index contributed by atoms with van der Waals surface area (Å²) in [6.07, 6.45) is 2.61. The van der Waals surface area contributed by atoms with Gasteiger partial charge in [-0.3, -0.25) is 14.5 Å². The number of anilines is 1. The lowest BCUT2D eigenvalue weighted by atomic mass is 10.1. The lowest BCUT2D eigenvalue weighted by Gasteiger charge is -2.35. The lowest BCUT2D eigenvalue weighted by Crippen LogP contribution is -2.51. The smallest absolute Gasteiger partial charge is 0.238 e. The fourth-order valence-corrected chi connectivity index (χ4v) is 3.56. The summed E-state index contributed by atoms with van der Waals surface area (Å²) in [6.45, 7) is 2.93. The molecule has 0 spiro atoms. The quantitative estimate of drug-likeness (QED) is 0.852. The van der Waals surface area contributed by atoms with Crippen LogP contribution in [0.4, 0.5) is 10.1 Å². The Hall–Kier alpha value is -1.99. The van der Waals surface area contributed by atoms with Crippen LogP contribution < -0.4 is 11.1 Å². The van der Waals surface area contributed by atoms with E-state index < -0.39 is 0 Å². The van der Waals surface area contributed by atoms with Gasteiger partial charge >= 0.3 is 0 Å². The van der Waals surface area contributed by atoms with Crippen LogP contribution in [0.1, 0.15) is 19.3 Å². The molecule has 0 radical (unpaired) electrons. The van der Waals surface area contributed by atoms with Crippen LogP contribution >= 0.6 is 0 Å². The molecule has 7 heteroatoms. The summed E-state index contributed by atoms with van der Waals surface area (Å²) >= 11 is 0. The highest BCUT2D eigenvalue weighted by Gasteiger charge is 2.32. The number of halogens is 1. The fraction of sp³-hybridized carbons (Fsp3) is 0.556. The molecule has 1 aliphatic carbocycles. The average Bonchev–Trinajstić information content (AvgIpc) is 3.03. The van der Waals surface area contributed by atoms with Crippen LogP contribution in [0, 0.1) is 11.7 Å². The predicted octanol–water partition coefficient (Wildman–Crippen LogP) is 1.04. The normalized spacial score (nSPS) is 24.3. The van der Waals surface area contributed by atoms with Gasteiger partial charge in [-0.15, -0.1) is 0 Å². The Balaban J connectivity index is 1.42. The number of hydrogen-bond acceptors (Lipinski definition) is 4. The molecule has 1 saturated heterocycles. The van der Waals surface area contributed by atoms with Crippen molar-refractivity contribution in [3.8, 4) is 0 Å². The Morgan fingerprint density at radius 1 is 1.12 bits per heavy atom. The molecule has 0 aromatic heterocycles. The third-order valence-corrected chi connectivity index (χ3v) is 5.00. The number of nitrogens with zero attached hydrogens (tertiary/aromatic N) is 2. The first-order valence-corrected chi connectivity index (χ1v) is 8.83.